The van der Waals surface area contributed by atoms with Crippen molar-refractivity contribution in [1.29, 1.82) is 0 Å². The lowest BCUT2D eigenvalue weighted by Gasteiger charge is -2.21. The first-order valence-corrected chi connectivity index (χ1v) is 7.33. The lowest BCUT2D eigenvalue weighted by Crippen LogP contribution is -2.41. The van der Waals surface area contributed by atoms with Gasteiger partial charge in [-0.25, -0.2) is 13.1 Å². The van der Waals surface area contributed by atoms with Gasteiger partial charge in [0.1, 0.15) is 0 Å². The minimum atomic E-state index is -4.91. The fraction of sp³-hybridized carbons (Fsp3) is 0.455. The van der Waals surface area contributed by atoms with E-state index in [0.717, 1.165) is 12.1 Å². The molecule has 0 heterocycles. The van der Waals surface area contributed by atoms with E-state index in [2.05, 4.69) is 4.72 Å². The third kappa shape index (κ3) is 4.70. The zero-order valence-electron chi connectivity index (χ0n) is 11.6. The molecule has 0 radical (unpaired) electrons. The number of hydrogen-bond donors (Lipinski definition) is 3. The molecule has 0 bridgehead atoms. The van der Waals surface area contributed by atoms with Crippen molar-refractivity contribution in [3.63, 3.8) is 0 Å². The van der Waals surface area contributed by atoms with Gasteiger partial charge >= 0.3 is 13.3 Å². The summed E-state index contributed by atoms with van der Waals surface area (Å²) in [6.07, 6.45) is -4.91. The van der Waals surface area contributed by atoms with Crippen LogP contribution < -0.4 is 10.2 Å². The summed E-state index contributed by atoms with van der Waals surface area (Å²) in [6, 6.07) is 1.99. The number of nitrogens with one attached hydrogen (secondary N) is 1. The van der Waals surface area contributed by atoms with Crippen molar-refractivity contribution in [1.82, 2.24) is 4.72 Å². The average Bonchev–Trinajstić information content (AvgIpc) is 2.23. The smallest absolute Gasteiger partial charge is 0.423 e. The molecule has 1 rings (SSSR count). The van der Waals surface area contributed by atoms with Crippen molar-refractivity contribution in [2.75, 3.05) is 0 Å². The maximum absolute atomic E-state index is 12.9. The van der Waals surface area contributed by atoms with Crippen LogP contribution in [0, 0.1) is 0 Å². The highest BCUT2D eigenvalue weighted by atomic mass is 32.2. The number of benzene rings is 1. The van der Waals surface area contributed by atoms with Crippen molar-refractivity contribution in [3.8, 4) is 0 Å². The standard InChI is InChI=1S/C11H15BF3NO4S/c1-10(2,3)16-21(19,20)7-4-5-9(12(17)18)8(6-7)11(13,14)15/h4-6,16-18H,1-3H3. The van der Waals surface area contributed by atoms with E-state index in [-0.39, 0.29) is 0 Å². The normalized spacial score (nSPS) is 13.3. The Hall–Kier alpha value is -1.10. The maximum Gasteiger partial charge on any atom is 0.489 e. The Morgan fingerprint density at radius 1 is 1.14 bits per heavy atom. The fourth-order valence-electron chi connectivity index (χ4n) is 1.64. The van der Waals surface area contributed by atoms with Crippen LogP contribution >= 0.6 is 0 Å². The molecule has 5 nitrogen and oxygen atoms in total. The average molecular weight is 325 g/mol. The van der Waals surface area contributed by atoms with Crippen molar-refractivity contribution in [3.05, 3.63) is 23.8 Å². The van der Waals surface area contributed by atoms with Crippen LogP contribution in [0.4, 0.5) is 13.2 Å². The van der Waals surface area contributed by atoms with Crippen molar-refractivity contribution in [2.24, 2.45) is 0 Å². The summed E-state index contributed by atoms with van der Waals surface area (Å²) in [5.41, 5.74) is -3.08. The van der Waals surface area contributed by atoms with Crippen LogP contribution in [-0.2, 0) is 16.2 Å². The highest BCUT2D eigenvalue weighted by Crippen LogP contribution is 2.29. The van der Waals surface area contributed by atoms with Gasteiger partial charge in [-0.3, -0.25) is 0 Å². The minimum Gasteiger partial charge on any atom is -0.423 e. The van der Waals surface area contributed by atoms with Gasteiger partial charge in [0.15, 0.2) is 0 Å². The van der Waals surface area contributed by atoms with E-state index in [1.54, 1.807) is 20.8 Å². The van der Waals surface area contributed by atoms with Gasteiger partial charge in [-0.1, -0.05) is 6.07 Å². The maximum atomic E-state index is 12.9. The van der Waals surface area contributed by atoms with E-state index in [1.165, 1.54) is 0 Å². The van der Waals surface area contributed by atoms with E-state index in [1.807, 2.05) is 0 Å². The molecule has 0 atom stereocenters. The Balaban J connectivity index is 3.42. The molecule has 0 amide bonds. The highest BCUT2D eigenvalue weighted by molar-refractivity contribution is 7.89. The topological polar surface area (TPSA) is 86.6 Å². The second-order valence-corrected chi connectivity index (χ2v) is 7.16. The van der Waals surface area contributed by atoms with Gasteiger partial charge in [-0.05, 0) is 38.4 Å². The molecule has 0 saturated heterocycles. The first-order chi connectivity index (χ1) is 9.24. The lowest BCUT2D eigenvalue weighted by molar-refractivity contribution is -0.137. The summed E-state index contributed by atoms with van der Waals surface area (Å²) in [7, 11) is -6.51. The largest absolute Gasteiger partial charge is 0.489 e. The van der Waals surface area contributed by atoms with Crippen LogP contribution in [0.2, 0.25) is 0 Å². The van der Waals surface area contributed by atoms with E-state index < -0.39 is 44.8 Å². The molecule has 0 aromatic heterocycles. The van der Waals surface area contributed by atoms with Crippen LogP contribution in [0.1, 0.15) is 26.3 Å². The fourth-order valence-corrected chi connectivity index (χ4v) is 3.08. The number of halogens is 3. The number of sulfonamides is 1. The van der Waals surface area contributed by atoms with Crippen LogP contribution in [0.3, 0.4) is 0 Å². The third-order valence-corrected chi connectivity index (χ3v) is 4.11. The van der Waals surface area contributed by atoms with Crippen molar-refractivity contribution in [2.45, 2.75) is 37.4 Å². The molecule has 0 fully saturated rings. The predicted molar refractivity (Wildman–Crippen MR) is 71.3 cm³/mol. The summed E-state index contributed by atoms with van der Waals surface area (Å²) in [6.45, 7) is 4.63. The Kier molecular flexibility index (Phi) is 4.79. The molecule has 21 heavy (non-hydrogen) atoms. The van der Waals surface area contributed by atoms with Crippen molar-refractivity contribution >= 4 is 22.6 Å². The molecule has 118 valence electrons. The van der Waals surface area contributed by atoms with E-state index in [0.29, 0.717) is 6.07 Å². The first kappa shape index (κ1) is 18.0. The van der Waals surface area contributed by atoms with Crippen LogP contribution in [0.5, 0.6) is 0 Å². The summed E-state index contributed by atoms with van der Waals surface area (Å²) >= 11 is 0. The molecule has 0 spiro atoms. The molecule has 1 aromatic carbocycles. The Labute approximate surface area is 121 Å². The van der Waals surface area contributed by atoms with Gasteiger partial charge in [-0.2, -0.15) is 13.2 Å². The molecular formula is C11H15BF3NO4S. The van der Waals surface area contributed by atoms with Crippen molar-refractivity contribution < 1.29 is 31.6 Å². The van der Waals surface area contributed by atoms with Crippen LogP contribution in [0.15, 0.2) is 23.1 Å². The summed E-state index contributed by atoms with van der Waals surface area (Å²) in [5.74, 6) is 0. The predicted octanol–water partition coefficient (Wildman–Crippen LogP) is 0.462. The third-order valence-electron chi connectivity index (χ3n) is 2.36. The molecule has 0 aliphatic carbocycles. The van der Waals surface area contributed by atoms with Gasteiger partial charge in [-0.15, -0.1) is 0 Å². The number of rotatable bonds is 3. The van der Waals surface area contributed by atoms with Gasteiger partial charge in [0, 0.05) is 5.54 Å². The molecule has 1 aromatic rings. The second kappa shape index (κ2) is 5.60. The van der Waals surface area contributed by atoms with Crippen LogP contribution in [-0.4, -0.2) is 31.1 Å². The quantitative estimate of drug-likeness (QED) is 0.705. The highest BCUT2D eigenvalue weighted by Gasteiger charge is 2.37. The number of alkyl halides is 3. The minimum absolute atomic E-state index is 0.378. The zero-order valence-corrected chi connectivity index (χ0v) is 12.4. The summed E-state index contributed by atoms with van der Waals surface area (Å²) in [5, 5.41) is 17.9. The summed E-state index contributed by atoms with van der Waals surface area (Å²) < 4.78 is 64.9. The molecule has 3 N–H and O–H groups in total. The molecule has 0 aliphatic heterocycles. The Bertz CT molecular complexity index is 623. The Morgan fingerprint density at radius 3 is 2.05 bits per heavy atom. The molecular weight excluding hydrogens is 310 g/mol. The monoisotopic (exact) mass is 325 g/mol. The molecule has 10 heteroatoms. The van der Waals surface area contributed by atoms with Crippen LogP contribution in [0.25, 0.3) is 0 Å². The van der Waals surface area contributed by atoms with Gasteiger partial charge < -0.3 is 10.0 Å². The lowest BCUT2D eigenvalue weighted by atomic mass is 9.77. The number of hydrogen-bond acceptors (Lipinski definition) is 4. The molecule has 0 aliphatic rings. The zero-order chi connectivity index (χ0) is 16.6. The van der Waals surface area contributed by atoms with Gasteiger partial charge in [0.2, 0.25) is 10.0 Å². The van der Waals surface area contributed by atoms with Gasteiger partial charge in [0.25, 0.3) is 0 Å². The second-order valence-electron chi connectivity index (χ2n) is 5.48. The SMILES string of the molecule is CC(C)(C)NS(=O)(=O)c1ccc(B(O)O)c(C(F)(F)F)c1. The molecule has 0 unspecified atom stereocenters. The Morgan fingerprint density at radius 2 is 1.67 bits per heavy atom. The van der Waals surface area contributed by atoms with E-state index >= 15 is 0 Å². The van der Waals surface area contributed by atoms with Gasteiger partial charge in [0.05, 0.1) is 10.5 Å². The van der Waals surface area contributed by atoms with E-state index in [4.69, 9.17) is 10.0 Å². The van der Waals surface area contributed by atoms with E-state index in [9.17, 15) is 21.6 Å². The first-order valence-electron chi connectivity index (χ1n) is 5.85. The summed E-state index contributed by atoms with van der Waals surface area (Å²) in [4.78, 5) is -0.603. The molecule has 0 saturated carbocycles.